The Morgan fingerprint density at radius 3 is 3.00 bits per heavy atom. The van der Waals surface area contributed by atoms with E-state index in [0.29, 0.717) is 18.4 Å². The smallest absolute Gasteiger partial charge is 0.293 e. The van der Waals surface area contributed by atoms with Crippen LogP contribution in [-0.2, 0) is 6.54 Å². The van der Waals surface area contributed by atoms with Crippen LogP contribution in [0.5, 0.6) is 11.5 Å². The molecule has 1 aromatic carbocycles. The van der Waals surface area contributed by atoms with Crippen LogP contribution < -0.4 is 20.3 Å². The van der Waals surface area contributed by atoms with Crippen molar-refractivity contribution in [3.63, 3.8) is 0 Å². The van der Waals surface area contributed by atoms with Crippen LogP contribution in [0.3, 0.4) is 0 Å². The number of fused-ring (bicyclic) bond motifs is 1. The zero-order chi connectivity index (χ0) is 14.2. The highest BCUT2D eigenvalue weighted by Crippen LogP contribution is 2.33. The van der Waals surface area contributed by atoms with Crippen molar-refractivity contribution in [3.8, 4) is 11.5 Å². The molecule has 0 spiro atoms. The van der Waals surface area contributed by atoms with Crippen molar-refractivity contribution in [1.29, 1.82) is 0 Å². The van der Waals surface area contributed by atoms with E-state index in [-0.39, 0.29) is 12.4 Å². The van der Waals surface area contributed by atoms with Gasteiger partial charge in [0, 0.05) is 25.0 Å². The van der Waals surface area contributed by atoms with Crippen molar-refractivity contribution in [2.75, 3.05) is 12.1 Å². The van der Waals surface area contributed by atoms with Gasteiger partial charge in [0.05, 0.1) is 0 Å². The Kier molecular flexibility index (Phi) is 2.80. The van der Waals surface area contributed by atoms with Crippen molar-refractivity contribution < 1.29 is 9.47 Å². The second-order valence-electron chi connectivity index (χ2n) is 5.26. The van der Waals surface area contributed by atoms with Crippen molar-refractivity contribution in [2.24, 2.45) is 0 Å². The lowest BCUT2D eigenvalue weighted by molar-refractivity contribution is 0.174. The lowest BCUT2D eigenvalue weighted by Gasteiger charge is -2.08. The molecule has 1 saturated carbocycles. The molecule has 6 nitrogen and oxygen atoms in total. The summed E-state index contributed by atoms with van der Waals surface area (Å²) >= 11 is 0. The summed E-state index contributed by atoms with van der Waals surface area (Å²) < 4.78 is 12.4. The fourth-order valence-electron chi connectivity index (χ4n) is 2.42. The van der Waals surface area contributed by atoms with Crippen molar-refractivity contribution in [1.82, 2.24) is 9.55 Å². The van der Waals surface area contributed by atoms with E-state index in [1.165, 1.54) is 0 Å². The number of anilines is 1. The van der Waals surface area contributed by atoms with Gasteiger partial charge in [-0.1, -0.05) is 6.07 Å². The van der Waals surface area contributed by atoms with E-state index in [4.69, 9.17) is 9.47 Å². The molecule has 1 N–H and O–H groups in total. The van der Waals surface area contributed by atoms with Gasteiger partial charge in [0.15, 0.2) is 17.3 Å². The monoisotopic (exact) mass is 285 g/mol. The summed E-state index contributed by atoms with van der Waals surface area (Å²) in [7, 11) is 0. The molecule has 2 aromatic rings. The molecule has 2 aliphatic rings. The lowest BCUT2D eigenvalue weighted by atomic mass is 10.2. The van der Waals surface area contributed by atoms with Gasteiger partial charge in [0.2, 0.25) is 6.79 Å². The molecule has 2 heterocycles. The van der Waals surface area contributed by atoms with E-state index in [1.54, 1.807) is 17.0 Å². The minimum atomic E-state index is -0.0549. The molecule has 1 aliphatic carbocycles. The van der Waals surface area contributed by atoms with Gasteiger partial charge in [-0.25, -0.2) is 4.98 Å². The van der Waals surface area contributed by atoms with Crippen LogP contribution in [0.15, 0.2) is 35.4 Å². The quantitative estimate of drug-likeness (QED) is 0.929. The Morgan fingerprint density at radius 1 is 1.29 bits per heavy atom. The van der Waals surface area contributed by atoms with Gasteiger partial charge < -0.3 is 19.4 Å². The summed E-state index contributed by atoms with van der Waals surface area (Å²) in [5, 5.41) is 3.10. The maximum Gasteiger partial charge on any atom is 0.293 e. The van der Waals surface area contributed by atoms with Gasteiger partial charge in [-0.05, 0) is 30.5 Å². The topological polar surface area (TPSA) is 65.4 Å². The van der Waals surface area contributed by atoms with Crippen molar-refractivity contribution in [3.05, 3.63) is 46.5 Å². The predicted molar refractivity (Wildman–Crippen MR) is 76.7 cm³/mol. The Labute approximate surface area is 121 Å². The lowest BCUT2D eigenvalue weighted by Crippen LogP contribution is -2.23. The molecule has 0 unspecified atom stereocenters. The molecular formula is C15H15N3O3. The molecule has 0 bridgehead atoms. The molecule has 0 radical (unpaired) electrons. The molecule has 1 aliphatic heterocycles. The van der Waals surface area contributed by atoms with E-state index < -0.39 is 0 Å². The van der Waals surface area contributed by atoms with Crippen LogP contribution in [0.25, 0.3) is 0 Å². The normalized spacial score (nSPS) is 16.0. The number of nitrogens with one attached hydrogen (secondary N) is 1. The summed E-state index contributed by atoms with van der Waals surface area (Å²) in [5.74, 6) is 1.89. The van der Waals surface area contributed by atoms with Crippen LogP contribution in [0.4, 0.5) is 5.82 Å². The van der Waals surface area contributed by atoms with Crippen LogP contribution in [0.1, 0.15) is 24.4 Å². The number of aromatic nitrogens is 2. The van der Waals surface area contributed by atoms with Gasteiger partial charge in [-0.2, -0.15) is 0 Å². The first kappa shape index (κ1) is 12.3. The number of benzene rings is 1. The molecule has 6 heteroatoms. The van der Waals surface area contributed by atoms with Gasteiger partial charge in [-0.3, -0.25) is 4.79 Å². The minimum Gasteiger partial charge on any atom is -0.454 e. The first-order valence-corrected chi connectivity index (χ1v) is 7.01. The highest BCUT2D eigenvalue weighted by molar-refractivity contribution is 5.45. The Hall–Kier alpha value is -2.50. The Morgan fingerprint density at radius 2 is 2.14 bits per heavy atom. The summed E-state index contributed by atoms with van der Waals surface area (Å²) in [4.78, 5) is 16.4. The number of hydrogen-bond donors (Lipinski definition) is 1. The fraction of sp³-hybridized carbons (Fsp3) is 0.333. The largest absolute Gasteiger partial charge is 0.454 e. The van der Waals surface area contributed by atoms with Gasteiger partial charge in [0.1, 0.15) is 0 Å². The molecule has 1 fully saturated rings. The SMILES string of the molecule is O=c1c(NCc2ccc3c(c2)OCO3)nccn1C1CC1. The second-order valence-corrected chi connectivity index (χ2v) is 5.26. The minimum absolute atomic E-state index is 0.0549. The van der Waals surface area contributed by atoms with E-state index >= 15 is 0 Å². The highest BCUT2D eigenvalue weighted by Gasteiger charge is 2.25. The number of nitrogens with zero attached hydrogens (tertiary/aromatic N) is 2. The molecule has 0 atom stereocenters. The zero-order valence-electron chi connectivity index (χ0n) is 11.4. The summed E-state index contributed by atoms with van der Waals surface area (Å²) in [6.45, 7) is 0.784. The van der Waals surface area contributed by atoms with E-state index in [0.717, 1.165) is 29.9 Å². The summed E-state index contributed by atoms with van der Waals surface area (Å²) in [5.41, 5.74) is 0.961. The van der Waals surface area contributed by atoms with Gasteiger partial charge in [-0.15, -0.1) is 0 Å². The molecule has 21 heavy (non-hydrogen) atoms. The molecule has 0 amide bonds. The Bertz CT molecular complexity index is 737. The highest BCUT2D eigenvalue weighted by atomic mass is 16.7. The average Bonchev–Trinajstić information content (AvgIpc) is 3.23. The van der Waals surface area contributed by atoms with Crippen LogP contribution >= 0.6 is 0 Å². The van der Waals surface area contributed by atoms with Crippen LogP contribution in [0.2, 0.25) is 0 Å². The summed E-state index contributed by atoms with van der Waals surface area (Å²) in [6.07, 6.45) is 5.57. The molecule has 108 valence electrons. The fourth-order valence-corrected chi connectivity index (χ4v) is 2.42. The number of hydrogen-bond acceptors (Lipinski definition) is 5. The van der Waals surface area contributed by atoms with Crippen LogP contribution in [0, 0.1) is 0 Å². The maximum absolute atomic E-state index is 12.3. The third kappa shape index (κ3) is 2.33. The maximum atomic E-state index is 12.3. The standard InChI is InChI=1S/C15H15N3O3/c19-15-14(16-5-6-18(15)11-2-3-11)17-8-10-1-4-12-13(7-10)21-9-20-12/h1,4-7,11H,2-3,8-9H2,(H,16,17). The van der Waals surface area contributed by atoms with Gasteiger partial charge in [0.25, 0.3) is 5.56 Å². The number of rotatable bonds is 4. The average molecular weight is 285 g/mol. The predicted octanol–water partition coefficient (Wildman–Crippen LogP) is 1.92. The molecule has 1 aromatic heterocycles. The van der Waals surface area contributed by atoms with E-state index in [1.807, 2.05) is 18.2 Å². The number of ether oxygens (including phenoxy) is 2. The van der Waals surface area contributed by atoms with Crippen molar-refractivity contribution >= 4 is 5.82 Å². The van der Waals surface area contributed by atoms with Crippen LogP contribution in [-0.4, -0.2) is 16.3 Å². The first-order valence-electron chi connectivity index (χ1n) is 7.01. The van der Waals surface area contributed by atoms with E-state index in [2.05, 4.69) is 10.3 Å². The van der Waals surface area contributed by atoms with E-state index in [9.17, 15) is 4.79 Å². The third-order valence-electron chi connectivity index (χ3n) is 3.71. The summed E-state index contributed by atoms with van der Waals surface area (Å²) in [6, 6.07) is 6.09. The molecule has 0 saturated heterocycles. The second kappa shape index (κ2) is 4.80. The first-order chi connectivity index (χ1) is 10.3. The third-order valence-corrected chi connectivity index (χ3v) is 3.71. The molecule has 4 rings (SSSR count). The van der Waals surface area contributed by atoms with Gasteiger partial charge >= 0.3 is 0 Å². The Balaban J connectivity index is 1.52. The molecular weight excluding hydrogens is 270 g/mol. The van der Waals surface area contributed by atoms with Crippen molar-refractivity contribution in [2.45, 2.75) is 25.4 Å². The zero-order valence-corrected chi connectivity index (χ0v) is 11.4.